The molecule has 1 aromatic carbocycles. The molecule has 0 heterocycles. The number of nitrogens with zero attached hydrogens (tertiary/aromatic N) is 1. The maximum atomic E-state index is 11.5. The lowest BCUT2D eigenvalue weighted by atomic mass is 9.99. The van der Waals surface area contributed by atoms with Gasteiger partial charge < -0.3 is 5.11 Å². The first-order valence-electron chi connectivity index (χ1n) is 5.26. The van der Waals surface area contributed by atoms with E-state index in [2.05, 4.69) is 0 Å². The Hall–Kier alpha value is -2.01. The molecule has 1 aromatic rings. The number of para-hydroxylation sites is 1. The van der Waals surface area contributed by atoms with Crippen molar-refractivity contribution in [2.45, 2.75) is 18.9 Å². The largest absolute Gasteiger partial charge is 0.383 e. The summed E-state index contributed by atoms with van der Waals surface area (Å²) in [4.78, 5) is 21.7. The molecule has 0 radical (unpaired) electrons. The third-order valence-electron chi connectivity index (χ3n) is 2.78. The molecular weight excluding hydrogens is 222 g/mol. The Morgan fingerprint density at radius 2 is 2.06 bits per heavy atom. The zero-order chi connectivity index (χ0) is 12.4. The van der Waals surface area contributed by atoms with Gasteiger partial charge >= 0.3 is 0 Å². The lowest BCUT2D eigenvalue weighted by molar-refractivity contribution is -0.386. The lowest BCUT2D eigenvalue weighted by Gasteiger charge is -2.11. The molecule has 0 amide bonds. The number of aliphatic hydroxyl groups excluding tert-OH is 1. The predicted octanol–water partition coefficient (Wildman–Crippen LogP) is 1.92. The Labute approximate surface area is 97.5 Å². The van der Waals surface area contributed by atoms with Gasteiger partial charge in [0, 0.05) is 18.1 Å². The van der Waals surface area contributed by atoms with Gasteiger partial charge in [0.1, 0.15) is 6.10 Å². The van der Waals surface area contributed by atoms with Crippen LogP contribution in [0.3, 0.4) is 0 Å². The highest BCUT2D eigenvalue weighted by atomic mass is 16.6. The number of carbonyl (C=O) groups is 1. The number of carbonyl (C=O) groups excluding carboxylic acids is 1. The topological polar surface area (TPSA) is 80.4 Å². The molecule has 1 atom stereocenters. The second-order valence-electron chi connectivity index (χ2n) is 3.84. The molecule has 1 aliphatic carbocycles. The summed E-state index contributed by atoms with van der Waals surface area (Å²) >= 11 is 0. The van der Waals surface area contributed by atoms with Gasteiger partial charge in [0.25, 0.3) is 5.69 Å². The van der Waals surface area contributed by atoms with E-state index >= 15 is 0 Å². The summed E-state index contributed by atoms with van der Waals surface area (Å²) in [6.45, 7) is 0. The average molecular weight is 233 g/mol. The molecule has 0 spiro atoms. The first-order valence-corrected chi connectivity index (χ1v) is 5.26. The smallest absolute Gasteiger partial charge is 0.275 e. The summed E-state index contributed by atoms with van der Waals surface area (Å²) in [6, 6.07) is 5.92. The third kappa shape index (κ3) is 2.09. The van der Waals surface area contributed by atoms with Gasteiger partial charge in [-0.15, -0.1) is 0 Å². The summed E-state index contributed by atoms with van der Waals surface area (Å²) < 4.78 is 0. The van der Waals surface area contributed by atoms with E-state index < -0.39 is 11.0 Å². The van der Waals surface area contributed by atoms with Crippen molar-refractivity contribution in [1.29, 1.82) is 0 Å². The number of benzene rings is 1. The van der Waals surface area contributed by atoms with Crippen LogP contribution in [0.2, 0.25) is 0 Å². The molecule has 5 nitrogen and oxygen atoms in total. The van der Waals surface area contributed by atoms with E-state index in [1.54, 1.807) is 12.1 Å². The molecular formula is C12H11NO4. The minimum absolute atomic E-state index is 0.143. The van der Waals surface area contributed by atoms with Gasteiger partial charge in [0.05, 0.1) is 10.5 Å². The van der Waals surface area contributed by atoms with Gasteiger partial charge in [-0.3, -0.25) is 14.9 Å². The van der Waals surface area contributed by atoms with Crippen LogP contribution in [-0.2, 0) is 4.79 Å². The van der Waals surface area contributed by atoms with Gasteiger partial charge in [0.15, 0.2) is 5.78 Å². The number of ketones is 1. The van der Waals surface area contributed by atoms with Crippen molar-refractivity contribution >= 4 is 11.5 Å². The molecule has 5 heteroatoms. The number of hydrogen-bond donors (Lipinski definition) is 1. The fourth-order valence-corrected chi connectivity index (χ4v) is 1.93. The number of allylic oxidation sites excluding steroid dienone is 1. The van der Waals surface area contributed by atoms with Gasteiger partial charge in [-0.25, -0.2) is 0 Å². The first kappa shape index (κ1) is 11.5. The van der Waals surface area contributed by atoms with Crippen LogP contribution in [0, 0.1) is 10.1 Å². The fourth-order valence-electron chi connectivity index (χ4n) is 1.93. The summed E-state index contributed by atoms with van der Waals surface area (Å²) in [7, 11) is 0. The van der Waals surface area contributed by atoms with Gasteiger partial charge in [-0.05, 0) is 12.5 Å². The molecule has 0 saturated heterocycles. The van der Waals surface area contributed by atoms with Crippen LogP contribution in [0.15, 0.2) is 35.9 Å². The molecule has 1 aliphatic rings. The Morgan fingerprint density at radius 3 is 2.65 bits per heavy atom. The van der Waals surface area contributed by atoms with Gasteiger partial charge in [-0.1, -0.05) is 18.2 Å². The second-order valence-corrected chi connectivity index (χ2v) is 3.84. The van der Waals surface area contributed by atoms with E-state index in [0.29, 0.717) is 12.8 Å². The molecule has 88 valence electrons. The maximum absolute atomic E-state index is 11.5. The van der Waals surface area contributed by atoms with E-state index in [1.165, 1.54) is 18.2 Å². The molecule has 0 saturated carbocycles. The van der Waals surface area contributed by atoms with Crippen molar-refractivity contribution in [1.82, 2.24) is 0 Å². The molecule has 2 rings (SSSR count). The van der Waals surface area contributed by atoms with Gasteiger partial charge in [0.2, 0.25) is 0 Å². The Bertz CT molecular complexity index is 507. The van der Waals surface area contributed by atoms with E-state index in [1.807, 2.05) is 0 Å². The van der Waals surface area contributed by atoms with Crippen molar-refractivity contribution in [3.8, 4) is 0 Å². The number of Topliss-reactive ketones (excluding diaryl/α,β-unsaturated/α-hetero) is 1. The standard InChI is InChI=1S/C12H11NO4/c14-11-7-3-5-9(11)12(15)8-4-1-2-6-10(8)13(16)17/h1-2,4-6,12,15H,3,7H2. The fraction of sp³-hybridized carbons (Fsp3) is 0.250. The minimum Gasteiger partial charge on any atom is -0.383 e. The van der Waals surface area contributed by atoms with Crippen molar-refractivity contribution in [3.63, 3.8) is 0 Å². The summed E-state index contributed by atoms with van der Waals surface area (Å²) in [5.74, 6) is -0.143. The number of nitro benzene ring substituents is 1. The van der Waals surface area contributed by atoms with Crippen LogP contribution in [-0.4, -0.2) is 15.8 Å². The second kappa shape index (κ2) is 4.47. The first-order chi connectivity index (χ1) is 8.11. The maximum Gasteiger partial charge on any atom is 0.275 e. The number of rotatable bonds is 3. The van der Waals surface area contributed by atoms with Crippen LogP contribution < -0.4 is 0 Å². The van der Waals surface area contributed by atoms with Crippen molar-refractivity contribution < 1.29 is 14.8 Å². The minimum atomic E-state index is -1.20. The Morgan fingerprint density at radius 1 is 1.35 bits per heavy atom. The van der Waals surface area contributed by atoms with Crippen molar-refractivity contribution in [2.75, 3.05) is 0 Å². The highest BCUT2D eigenvalue weighted by molar-refractivity contribution is 5.98. The lowest BCUT2D eigenvalue weighted by Crippen LogP contribution is -2.09. The number of aliphatic hydroxyl groups is 1. The van der Waals surface area contributed by atoms with Crippen LogP contribution in [0.4, 0.5) is 5.69 Å². The predicted molar refractivity (Wildman–Crippen MR) is 60.4 cm³/mol. The summed E-state index contributed by atoms with van der Waals surface area (Å²) in [5, 5.41) is 20.8. The quantitative estimate of drug-likeness (QED) is 0.638. The highest BCUT2D eigenvalue weighted by Crippen LogP contribution is 2.33. The van der Waals surface area contributed by atoms with Crippen molar-refractivity contribution in [3.05, 3.63) is 51.6 Å². The SMILES string of the molecule is O=C1CCC=C1C(O)c1ccccc1[N+](=O)[O-]. The van der Waals surface area contributed by atoms with E-state index in [0.717, 1.165) is 0 Å². The molecule has 0 fully saturated rings. The third-order valence-corrected chi connectivity index (χ3v) is 2.78. The molecule has 1 unspecified atom stereocenters. The van der Waals surface area contributed by atoms with E-state index in [-0.39, 0.29) is 22.6 Å². The number of hydrogen-bond acceptors (Lipinski definition) is 4. The molecule has 0 bridgehead atoms. The Kier molecular flexibility index (Phi) is 3.01. The summed E-state index contributed by atoms with van der Waals surface area (Å²) in [6.07, 6.45) is 1.40. The molecule has 1 N–H and O–H groups in total. The molecule has 17 heavy (non-hydrogen) atoms. The monoisotopic (exact) mass is 233 g/mol. The van der Waals surface area contributed by atoms with Crippen LogP contribution in [0.5, 0.6) is 0 Å². The molecule has 0 aromatic heterocycles. The van der Waals surface area contributed by atoms with Crippen LogP contribution in [0.25, 0.3) is 0 Å². The molecule has 0 aliphatic heterocycles. The highest BCUT2D eigenvalue weighted by Gasteiger charge is 2.28. The van der Waals surface area contributed by atoms with Crippen LogP contribution >= 0.6 is 0 Å². The zero-order valence-electron chi connectivity index (χ0n) is 9.00. The van der Waals surface area contributed by atoms with Crippen molar-refractivity contribution in [2.24, 2.45) is 0 Å². The zero-order valence-corrected chi connectivity index (χ0v) is 9.00. The summed E-state index contributed by atoms with van der Waals surface area (Å²) in [5.41, 5.74) is 0.263. The van der Waals surface area contributed by atoms with E-state index in [9.17, 15) is 20.0 Å². The van der Waals surface area contributed by atoms with Gasteiger partial charge in [-0.2, -0.15) is 0 Å². The van der Waals surface area contributed by atoms with E-state index in [4.69, 9.17) is 0 Å². The van der Waals surface area contributed by atoms with Crippen LogP contribution in [0.1, 0.15) is 24.5 Å². The average Bonchev–Trinajstić information content (AvgIpc) is 2.74. The Balaban J connectivity index is 2.40. The number of nitro groups is 1. The normalized spacial score (nSPS) is 16.8.